The Morgan fingerprint density at radius 2 is 2.04 bits per heavy atom. The summed E-state index contributed by atoms with van der Waals surface area (Å²) in [4.78, 5) is 17.2. The van der Waals surface area contributed by atoms with Gasteiger partial charge in [-0.05, 0) is 30.7 Å². The molecule has 132 valence electrons. The van der Waals surface area contributed by atoms with Crippen LogP contribution in [0.1, 0.15) is 20.9 Å². The summed E-state index contributed by atoms with van der Waals surface area (Å²) in [5, 5.41) is 4.66. The van der Waals surface area contributed by atoms with Gasteiger partial charge in [0.25, 0.3) is 5.91 Å². The third-order valence-corrected chi connectivity index (χ3v) is 4.78. The number of ether oxygens (including phenoxy) is 1. The number of hydrazone groups is 1. The Morgan fingerprint density at radius 1 is 1.27 bits per heavy atom. The maximum Gasteiger partial charge on any atom is 0.283 e. The van der Waals surface area contributed by atoms with Crippen LogP contribution in [-0.2, 0) is 0 Å². The van der Waals surface area contributed by atoms with Gasteiger partial charge in [-0.2, -0.15) is 5.10 Å². The minimum Gasteiger partial charge on any atom is -0.494 e. The van der Waals surface area contributed by atoms with Crippen molar-refractivity contribution in [1.29, 1.82) is 0 Å². The first-order valence-corrected chi connectivity index (χ1v) is 8.60. The summed E-state index contributed by atoms with van der Waals surface area (Å²) in [6.45, 7) is 1.78. The van der Waals surface area contributed by atoms with Crippen molar-refractivity contribution in [3.63, 3.8) is 0 Å². The number of hydrogen-bond donors (Lipinski definition) is 1. The molecule has 3 rings (SSSR count). The minimum absolute atomic E-state index is 0.153. The summed E-state index contributed by atoms with van der Waals surface area (Å²) in [6, 6.07) is 14.1. The molecule has 0 unspecified atom stereocenters. The summed E-state index contributed by atoms with van der Waals surface area (Å²) < 4.78 is 18.5. The molecule has 1 N–H and O–H groups in total. The van der Waals surface area contributed by atoms with Crippen LogP contribution in [0.2, 0.25) is 0 Å². The predicted octanol–water partition coefficient (Wildman–Crippen LogP) is 4.03. The number of rotatable bonds is 5. The molecule has 2 aromatic carbocycles. The molecule has 7 heteroatoms. The molecule has 1 heterocycles. The van der Waals surface area contributed by atoms with Crippen molar-refractivity contribution < 1.29 is 13.9 Å². The second kappa shape index (κ2) is 7.88. The van der Waals surface area contributed by atoms with Crippen LogP contribution in [0.15, 0.2) is 53.6 Å². The van der Waals surface area contributed by atoms with Crippen molar-refractivity contribution in [1.82, 2.24) is 10.4 Å². The fraction of sp³-hybridized carbons (Fsp3) is 0.105. The average molecular weight is 369 g/mol. The van der Waals surface area contributed by atoms with Gasteiger partial charge in [-0.1, -0.05) is 30.3 Å². The van der Waals surface area contributed by atoms with E-state index in [1.165, 1.54) is 36.8 Å². The molecule has 0 atom stereocenters. The van der Waals surface area contributed by atoms with Gasteiger partial charge in [0.15, 0.2) is 11.6 Å². The van der Waals surface area contributed by atoms with Crippen LogP contribution in [0, 0.1) is 12.7 Å². The summed E-state index contributed by atoms with van der Waals surface area (Å²) in [6.07, 6.45) is 1.37. The molecule has 26 heavy (non-hydrogen) atoms. The second-order valence-electron chi connectivity index (χ2n) is 5.39. The van der Waals surface area contributed by atoms with E-state index in [2.05, 4.69) is 15.5 Å². The van der Waals surface area contributed by atoms with E-state index in [0.717, 1.165) is 10.6 Å². The molecule has 0 aliphatic heterocycles. The number of carbonyl (C=O) groups excluding carboxylic acids is 1. The predicted molar refractivity (Wildman–Crippen MR) is 100 cm³/mol. The Hall–Kier alpha value is -3.06. The number of nitrogens with one attached hydrogen (secondary N) is 1. The van der Waals surface area contributed by atoms with E-state index in [4.69, 9.17) is 4.74 Å². The van der Waals surface area contributed by atoms with Crippen LogP contribution >= 0.6 is 11.3 Å². The fourth-order valence-corrected chi connectivity index (χ4v) is 3.25. The van der Waals surface area contributed by atoms with Gasteiger partial charge in [0.2, 0.25) is 0 Å². The molecule has 3 aromatic rings. The third kappa shape index (κ3) is 3.94. The first kappa shape index (κ1) is 17.8. The van der Waals surface area contributed by atoms with Gasteiger partial charge in [0.05, 0.1) is 19.0 Å². The number of aryl methyl sites for hydroxylation is 1. The van der Waals surface area contributed by atoms with Crippen molar-refractivity contribution in [2.75, 3.05) is 7.11 Å². The van der Waals surface area contributed by atoms with Crippen molar-refractivity contribution in [2.24, 2.45) is 5.10 Å². The minimum atomic E-state index is -0.492. The van der Waals surface area contributed by atoms with Gasteiger partial charge in [-0.25, -0.2) is 14.8 Å². The Labute approximate surface area is 154 Å². The zero-order chi connectivity index (χ0) is 18.5. The maximum absolute atomic E-state index is 13.6. The van der Waals surface area contributed by atoms with E-state index in [-0.39, 0.29) is 11.7 Å². The molecule has 0 aliphatic carbocycles. The van der Waals surface area contributed by atoms with Crippen LogP contribution < -0.4 is 10.2 Å². The Balaban J connectivity index is 1.70. The van der Waals surface area contributed by atoms with Gasteiger partial charge in [0, 0.05) is 5.56 Å². The van der Waals surface area contributed by atoms with Crippen molar-refractivity contribution in [2.45, 2.75) is 6.92 Å². The Morgan fingerprint density at radius 3 is 2.73 bits per heavy atom. The SMILES string of the molecule is COc1ccc(/C=N\NC(=O)c2sc(-c3ccccc3)nc2C)cc1F. The number of thiazole rings is 1. The number of halogens is 1. The number of amides is 1. The second-order valence-corrected chi connectivity index (χ2v) is 6.39. The third-order valence-electron chi connectivity index (χ3n) is 3.58. The van der Waals surface area contributed by atoms with Gasteiger partial charge < -0.3 is 4.74 Å². The topological polar surface area (TPSA) is 63.6 Å². The summed E-state index contributed by atoms with van der Waals surface area (Å²) in [7, 11) is 1.40. The lowest BCUT2D eigenvalue weighted by Crippen LogP contribution is -2.17. The lowest BCUT2D eigenvalue weighted by atomic mass is 10.2. The standard InChI is InChI=1S/C19H16FN3O2S/c1-12-17(26-19(22-12)14-6-4-3-5-7-14)18(24)23-21-11-13-8-9-16(25-2)15(20)10-13/h3-11H,1-2H3,(H,23,24)/b21-11-. The highest BCUT2D eigenvalue weighted by atomic mass is 32.1. The molecule has 0 radical (unpaired) electrons. The van der Waals surface area contributed by atoms with E-state index in [0.29, 0.717) is 16.1 Å². The highest BCUT2D eigenvalue weighted by Crippen LogP contribution is 2.27. The zero-order valence-corrected chi connectivity index (χ0v) is 15.0. The van der Waals surface area contributed by atoms with E-state index in [9.17, 15) is 9.18 Å². The Bertz CT molecular complexity index is 955. The zero-order valence-electron chi connectivity index (χ0n) is 14.2. The van der Waals surface area contributed by atoms with Crippen LogP contribution in [0.5, 0.6) is 5.75 Å². The number of hydrogen-bond acceptors (Lipinski definition) is 5. The van der Waals surface area contributed by atoms with Crippen molar-refractivity contribution in [3.8, 4) is 16.3 Å². The van der Waals surface area contributed by atoms with Crippen molar-refractivity contribution >= 4 is 23.5 Å². The molecule has 0 spiro atoms. The summed E-state index contributed by atoms with van der Waals surface area (Å²) in [5.74, 6) is -0.694. The van der Waals surface area contributed by atoms with E-state index < -0.39 is 5.82 Å². The first-order chi connectivity index (χ1) is 12.6. The highest BCUT2D eigenvalue weighted by Gasteiger charge is 2.15. The molecule has 0 aliphatic rings. The smallest absolute Gasteiger partial charge is 0.283 e. The molecule has 0 saturated heterocycles. The van der Waals surface area contributed by atoms with Crippen LogP contribution in [0.25, 0.3) is 10.6 Å². The summed E-state index contributed by atoms with van der Waals surface area (Å²) >= 11 is 1.30. The van der Waals surface area contributed by atoms with Gasteiger partial charge in [-0.3, -0.25) is 4.79 Å². The summed E-state index contributed by atoms with van der Waals surface area (Å²) in [5.41, 5.74) is 4.55. The van der Waals surface area contributed by atoms with Crippen LogP contribution in [0.4, 0.5) is 4.39 Å². The number of methoxy groups -OCH3 is 1. The number of benzene rings is 2. The number of aromatic nitrogens is 1. The lowest BCUT2D eigenvalue weighted by molar-refractivity contribution is 0.0958. The first-order valence-electron chi connectivity index (χ1n) is 7.78. The lowest BCUT2D eigenvalue weighted by Gasteiger charge is -2.01. The van der Waals surface area contributed by atoms with Crippen molar-refractivity contribution in [3.05, 3.63) is 70.5 Å². The molecule has 1 amide bonds. The molecular formula is C19H16FN3O2S. The Kier molecular flexibility index (Phi) is 5.38. The number of nitrogens with zero attached hydrogens (tertiary/aromatic N) is 2. The largest absolute Gasteiger partial charge is 0.494 e. The van der Waals surface area contributed by atoms with Crippen LogP contribution in [-0.4, -0.2) is 24.2 Å². The molecule has 1 aromatic heterocycles. The highest BCUT2D eigenvalue weighted by molar-refractivity contribution is 7.17. The monoisotopic (exact) mass is 369 g/mol. The normalized spacial score (nSPS) is 10.9. The van der Waals surface area contributed by atoms with E-state index in [1.54, 1.807) is 13.0 Å². The fourth-order valence-electron chi connectivity index (χ4n) is 2.29. The van der Waals surface area contributed by atoms with E-state index in [1.807, 2.05) is 30.3 Å². The average Bonchev–Trinajstić information content (AvgIpc) is 3.04. The molecule has 0 saturated carbocycles. The van der Waals surface area contributed by atoms with Crippen LogP contribution in [0.3, 0.4) is 0 Å². The molecule has 5 nitrogen and oxygen atoms in total. The van der Waals surface area contributed by atoms with Gasteiger partial charge in [0.1, 0.15) is 9.88 Å². The quantitative estimate of drug-likeness (QED) is 0.545. The number of carbonyl (C=O) groups is 1. The van der Waals surface area contributed by atoms with Gasteiger partial charge in [-0.15, -0.1) is 11.3 Å². The molecular weight excluding hydrogens is 353 g/mol. The van der Waals surface area contributed by atoms with E-state index >= 15 is 0 Å². The molecule has 0 fully saturated rings. The maximum atomic E-state index is 13.6. The molecule has 0 bridgehead atoms. The van der Waals surface area contributed by atoms with Gasteiger partial charge >= 0.3 is 0 Å².